The van der Waals surface area contributed by atoms with E-state index in [1.165, 1.54) is 0 Å². The van der Waals surface area contributed by atoms with Crippen LogP contribution in [0, 0.1) is 6.92 Å². The number of H-pyrrole nitrogens is 1. The Labute approximate surface area is 84.2 Å². The van der Waals surface area contributed by atoms with Crippen molar-refractivity contribution in [3.05, 3.63) is 22.3 Å². The summed E-state index contributed by atoms with van der Waals surface area (Å²) in [6.07, 6.45) is 0. The van der Waals surface area contributed by atoms with E-state index in [2.05, 4.69) is 26.1 Å². The molecule has 3 nitrogen and oxygen atoms in total. The molecule has 2 aromatic rings. The number of halogens is 1. The van der Waals surface area contributed by atoms with E-state index in [4.69, 9.17) is 4.74 Å². The number of hydrogen-bond acceptors (Lipinski definition) is 2. The summed E-state index contributed by atoms with van der Waals surface area (Å²) < 4.78 is 6.10. The van der Waals surface area contributed by atoms with Crippen LogP contribution in [0.15, 0.2) is 16.7 Å². The van der Waals surface area contributed by atoms with Gasteiger partial charge in [0.15, 0.2) is 0 Å². The molecular formula is C9H9BrN2O. The Morgan fingerprint density at radius 2 is 2.23 bits per heavy atom. The molecular weight excluding hydrogens is 232 g/mol. The van der Waals surface area contributed by atoms with Gasteiger partial charge in [0, 0.05) is 0 Å². The van der Waals surface area contributed by atoms with Crippen molar-refractivity contribution in [1.29, 1.82) is 0 Å². The maximum absolute atomic E-state index is 5.23. The van der Waals surface area contributed by atoms with Crippen molar-refractivity contribution in [3.8, 4) is 5.75 Å². The third-order valence-electron chi connectivity index (χ3n) is 2.05. The summed E-state index contributed by atoms with van der Waals surface area (Å²) in [5, 5.41) is 8.06. The highest BCUT2D eigenvalue weighted by atomic mass is 79.9. The lowest BCUT2D eigenvalue weighted by Gasteiger charge is -2.02. The normalized spacial score (nSPS) is 10.7. The molecule has 0 fully saturated rings. The number of ether oxygens (including phenoxy) is 1. The molecule has 0 saturated carbocycles. The fourth-order valence-electron chi connectivity index (χ4n) is 1.36. The minimum Gasteiger partial charge on any atom is -0.496 e. The van der Waals surface area contributed by atoms with Gasteiger partial charge in [-0.25, -0.2) is 0 Å². The predicted molar refractivity (Wildman–Crippen MR) is 55.1 cm³/mol. The van der Waals surface area contributed by atoms with Crippen molar-refractivity contribution >= 4 is 26.8 Å². The zero-order valence-corrected chi connectivity index (χ0v) is 8.97. The number of aromatic amines is 1. The number of methoxy groups -OCH3 is 1. The Morgan fingerprint density at radius 1 is 1.46 bits per heavy atom. The average molecular weight is 241 g/mol. The first-order valence-electron chi connectivity index (χ1n) is 3.91. The summed E-state index contributed by atoms with van der Waals surface area (Å²) >= 11 is 3.39. The number of fused-ring (bicyclic) bond motifs is 1. The highest BCUT2D eigenvalue weighted by Crippen LogP contribution is 2.31. The van der Waals surface area contributed by atoms with Crippen LogP contribution in [0.1, 0.15) is 5.56 Å². The van der Waals surface area contributed by atoms with Gasteiger partial charge in [-0.1, -0.05) is 6.07 Å². The SMILES string of the molecule is COc1ccc(C)c2n[nH]c(Br)c12. The largest absolute Gasteiger partial charge is 0.496 e. The van der Waals surface area contributed by atoms with Crippen molar-refractivity contribution < 1.29 is 4.74 Å². The average Bonchev–Trinajstić information content (AvgIpc) is 2.51. The standard InChI is InChI=1S/C9H9BrN2O/c1-5-3-4-6(13-2)7-8(5)11-12-9(7)10/h3-4H,1-2H3,(H,11,12). The molecule has 1 heterocycles. The summed E-state index contributed by atoms with van der Waals surface area (Å²) in [7, 11) is 1.66. The number of nitrogens with zero attached hydrogens (tertiary/aromatic N) is 1. The van der Waals surface area contributed by atoms with Crippen LogP contribution in [0.3, 0.4) is 0 Å². The number of nitrogens with one attached hydrogen (secondary N) is 1. The minimum atomic E-state index is 0.834. The van der Waals surface area contributed by atoms with Gasteiger partial charge < -0.3 is 4.74 Å². The van der Waals surface area contributed by atoms with Gasteiger partial charge in [-0.05, 0) is 34.5 Å². The molecule has 0 aliphatic rings. The van der Waals surface area contributed by atoms with Gasteiger partial charge in [-0.15, -0.1) is 0 Å². The lowest BCUT2D eigenvalue weighted by atomic mass is 10.1. The van der Waals surface area contributed by atoms with Gasteiger partial charge in [0.05, 0.1) is 18.0 Å². The molecule has 1 aromatic carbocycles. The molecule has 0 bridgehead atoms. The van der Waals surface area contributed by atoms with Gasteiger partial charge in [-0.3, -0.25) is 5.10 Å². The van der Waals surface area contributed by atoms with E-state index in [0.29, 0.717) is 0 Å². The maximum atomic E-state index is 5.23. The van der Waals surface area contributed by atoms with Crippen LogP contribution in [0.5, 0.6) is 5.75 Å². The van der Waals surface area contributed by atoms with E-state index in [9.17, 15) is 0 Å². The van der Waals surface area contributed by atoms with Crippen molar-refractivity contribution in [2.75, 3.05) is 7.11 Å². The van der Waals surface area contributed by atoms with Crippen LogP contribution < -0.4 is 4.74 Å². The zero-order valence-electron chi connectivity index (χ0n) is 7.39. The second kappa shape index (κ2) is 3.03. The summed E-state index contributed by atoms with van der Waals surface area (Å²) in [4.78, 5) is 0. The van der Waals surface area contributed by atoms with Crippen LogP contribution in [0.4, 0.5) is 0 Å². The van der Waals surface area contributed by atoms with Gasteiger partial charge in [-0.2, -0.15) is 5.10 Å². The third kappa shape index (κ3) is 1.21. The van der Waals surface area contributed by atoms with E-state index < -0.39 is 0 Å². The Balaban J connectivity index is 2.88. The Bertz CT molecular complexity index is 450. The van der Waals surface area contributed by atoms with Crippen molar-refractivity contribution in [3.63, 3.8) is 0 Å². The lowest BCUT2D eigenvalue weighted by Crippen LogP contribution is -1.85. The Morgan fingerprint density at radius 3 is 2.92 bits per heavy atom. The fourth-order valence-corrected chi connectivity index (χ4v) is 1.84. The molecule has 0 aliphatic heterocycles. The van der Waals surface area contributed by atoms with Crippen molar-refractivity contribution in [2.24, 2.45) is 0 Å². The van der Waals surface area contributed by atoms with Gasteiger partial charge >= 0.3 is 0 Å². The molecule has 68 valence electrons. The lowest BCUT2D eigenvalue weighted by molar-refractivity contribution is 0.419. The quantitative estimate of drug-likeness (QED) is 0.833. The van der Waals surface area contributed by atoms with Crippen LogP contribution in [0.25, 0.3) is 10.9 Å². The minimum absolute atomic E-state index is 0.834. The molecule has 1 aromatic heterocycles. The number of hydrogen-bond donors (Lipinski definition) is 1. The smallest absolute Gasteiger partial charge is 0.131 e. The number of aromatic nitrogens is 2. The van der Waals surface area contributed by atoms with E-state index in [-0.39, 0.29) is 0 Å². The summed E-state index contributed by atoms with van der Waals surface area (Å²) in [5.41, 5.74) is 2.09. The highest BCUT2D eigenvalue weighted by molar-refractivity contribution is 9.10. The summed E-state index contributed by atoms with van der Waals surface area (Å²) in [5.74, 6) is 0.834. The van der Waals surface area contributed by atoms with Crippen LogP contribution in [-0.4, -0.2) is 17.3 Å². The molecule has 1 N–H and O–H groups in total. The molecule has 0 amide bonds. The van der Waals surface area contributed by atoms with Crippen molar-refractivity contribution in [1.82, 2.24) is 10.2 Å². The second-order valence-electron chi connectivity index (χ2n) is 2.85. The first-order valence-corrected chi connectivity index (χ1v) is 4.70. The van der Waals surface area contributed by atoms with E-state index in [1.54, 1.807) is 7.11 Å². The Kier molecular flexibility index (Phi) is 2.00. The maximum Gasteiger partial charge on any atom is 0.131 e. The molecule has 0 aliphatic carbocycles. The first kappa shape index (κ1) is 8.56. The first-order chi connectivity index (χ1) is 6.24. The fraction of sp³-hybridized carbons (Fsp3) is 0.222. The van der Waals surface area contributed by atoms with E-state index >= 15 is 0 Å². The van der Waals surface area contributed by atoms with Gasteiger partial charge in [0.2, 0.25) is 0 Å². The third-order valence-corrected chi connectivity index (χ3v) is 2.62. The molecule has 0 radical (unpaired) electrons. The van der Waals surface area contributed by atoms with Gasteiger partial charge in [0.1, 0.15) is 10.4 Å². The van der Waals surface area contributed by atoms with E-state index in [0.717, 1.165) is 26.8 Å². The Hall–Kier alpha value is -1.03. The number of benzene rings is 1. The second-order valence-corrected chi connectivity index (χ2v) is 3.64. The molecule has 0 saturated heterocycles. The molecule has 2 rings (SSSR count). The number of aryl methyl sites for hydroxylation is 1. The number of rotatable bonds is 1. The van der Waals surface area contributed by atoms with Crippen molar-refractivity contribution in [2.45, 2.75) is 6.92 Å². The van der Waals surface area contributed by atoms with Gasteiger partial charge in [0.25, 0.3) is 0 Å². The highest BCUT2D eigenvalue weighted by Gasteiger charge is 2.10. The molecule has 4 heteroatoms. The van der Waals surface area contributed by atoms with Crippen LogP contribution in [-0.2, 0) is 0 Å². The van der Waals surface area contributed by atoms with Crippen LogP contribution in [0.2, 0.25) is 0 Å². The zero-order chi connectivity index (χ0) is 9.42. The topological polar surface area (TPSA) is 37.9 Å². The van der Waals surface area contributed by atoms with Crippen LogP contribution >= 0.6 is 15.9 Å². The summed E-state index contributed by atoms with van der Waals surface area (Å²) in [6, 6.07) is 3.94. The molecule has 0 unspecified atom stereocenters. The molecule has 0 spiro atoms. The monoisotopic (exact) mass is 240 g/mol. The molecule has 13 heavy (non-hydrogen) atoms. The van der Waals surface area contributed by atoms with E-state index in [1.807, 2.05) is 19.1 Å². The summed E-state index contributed by atoms with van der Waals surface area (Å²) in [6.45, 7) is 2.02. The predicted octanol–water partition coefficient (Wildman–Crippen LogP) is 2.64. The molecule has 0 atom stereocenters.